The molecule has 0 amide bonds. The Morgan fingerprint density at radius 1 is 1.30 bits per heavy atom. The fourth-order valence-corrected chi connectivity index (χ4v) is 2.26. The quantitative estimate of drug-likeness (QED) is 0.910. The highest BCUT2D eigenvalue weighted by Gasteiger charge is 2.07. The van der Waals surface area contributed by atoms with E-state index in [1.807, 2.05) is 37.6 Å². The number of ether oxygens (including phenoxy) is 1. The van der Waals surface area contributed by atoms with Crippen LogP contribution in [0.5, 0.6) is 5.75 Å². The van der Waals surface area contributed by atoms with Gasteiger partial charge in [-0.25, -0.2) is 0 Å². The molecule has 0 aliphatic rings. The summed E-state index contributed by atoms with van der Waals surface area (Å²) in [5.74, 6) is 0.899. The smallest absolute Gasteiger partial charge is 0.130 e. The summed E-state index contributed by atoms with van der Waals surface area (Å²) in [7, 11) is 0. The van der Waals surface area contributed by atoms with Gasteiger partial charge in [0.05, 0.1) is 11.4 Å². The summed E-state index contributed by atoms with van der Waals surface area (Å²) in [6.07, 6.45) is 0. The Morgan fingerprint density at radius 2 is 2.05 bits per heavy atom. The molecule has 1 atom stereocenters. The molecule has 0 aliphatic carbocycles. The number of aromatic nitrogens is 2. The Morgan fingerprint density at radius 3 is 2.65 bits per heavy atom. The van der Waals surface area contributed by atoms with Crippen molar-refractivity contribution < 1.29 is 4.74 Å². The van der Waals surface area contributed by atoms with Gasteiger partial charge in [0, 0.05) is 12.6 Å². The van der Waals surface area contributed by atoms with Crippen LogP contribution in [-0.2, 0) is 13.2 Å². The van der Waals surface area contributed by atoms with Crippen molar-refractivity contribution in [2.45, 2.75) is 46.9 Å². The van der Waals surface area contributed by atoms with Gasteiger partial charge in [-0.1, -0.05) is 12.1 Å². The second-order valence-electron chi connectivity index (χ2n) is 5.20. The molecular formula is C16H23N3O. The third kappa shape index (κ3) is 3.20. The largest absolute Gasteiger partial charge is 0.487 e. The standard InChI is InChI=1S/C16H23N3O/c1-5-19-15(9-12(3)18-19)10-20-16-7-6-14(13(4)17)8-11(16)2/h6-9,13H,5,10,17H2,1-4H3. The van der Waals surface area contributed by atoms with Gasteiger partial charge in [-0.2, -0.15) is 5.10 Å². The van der Waals surface area contributed by atoms with E-state index >= 15 is 0 Å². The lowest BCUT2D eigenvalue weighted by Crippen LogP contribution is -2.08. The SMILES string of the molecule is CCn1nc(C)cc1COc1ccc(C(C)N)cc1C. The minimum absolute atomic E-state index is 0.0481. The Labute approximate surface area is 120 Å². The Kier molecular flexibility index (Phi) is 4.45. The van der Waals surface area contributed by atoms with Gasteiger partial charge in [0.25, 0.3) is 0 Å². The molecule has 0 fully saturated rings. The maximum Gasteiger partial charge on any atom is 0.130 e. The highest BCUT2D eigenvalue weighted by atomic mass is 16.5. The first-order chi connectivity index (χ1) is 9.51. The highest BCUT2D eigenvalue weighted by molar-refractivity contribution is 5.37. The number of benzene rings is 1. The van der Waals surface area contributed by atoms with E-state index in [-0.39, 0.29) is 6.04 Å². The third-order valence-electron chi connectivity index (χ3n) is 3.39. The number of hydrogen-bond donors (Lipinski definition) is 1. The van der Waals surface area contributed by atoms with Crippen molar-refractivity contribution >= 4 is 0 Å². The van der Waals surface area contributed by atoms with E-state index in [0.29, 0.717) is 6.61 Å². The molecule has 0 saturated carbocycles. The maximum absolute atomic E-state index is 5.91. The molecule has 4 nitrogen and oxygen atoms in total. The van der Waals surface area contributed by atoms with Crippen LogP contribution in [0.15, 0.2) is 24.3 Å². The predicted octanol–water partition coefficient (Wildman–Crippen LogP) is 3.12. The average Bonchev–Trinajstić information content (AvgIpc) is 2.77. The van der Waals surface area contributed by atoms with E-state index in [0.717, 1.165) is 34.8 Å². The maximum atomic E-state index is 5.91. The minimum atomic E-state index is 0.0481. The van der Waals surface area contributed by atoms with E-state index in [9.17, 15) is 0 Å². The van der Waals surface area contributed by atoms with E-state index in [4.69, 9.17) is 10.5 Å². The summed E-state index contributed by atoms with van der Waals surface area (Å²) in [5.41, 5.74) is 10.2. The van der Waals surface area contributed by atoms with Crippen LogP contribution in [-0.4, -0.2) is 9.78 Å². The predicted molar refractivity (Wildman–Crippen MR) is 80.8 cm³/mol. The fraction of sp³-hybridized carbons (Fsp3) is 0.438. The Bertz CT molecular complexity index is 587. The first-order valence-corrected chi connectivity index (χ1v) is 7.03. The molecule has 4 heteroatoms. The molecule has 0 aliphatic heterocycles. The summed E-state index contributed by atoms with van der Waals surface area (Å²) in [6, 6.07) is 8.22. The molecule has 20 heavy (non-hydrogen) atoms. The lowest BCUT2D eigenvalue weighted by Gasteiger charge is -2.12. The second-order valence-corrected chi connectivity index (χ2v) is 5.20. The first-order valence-electron chi connectivity index (χ1n) is 7.03. The second kappa shape index (κ2) is 6.09. The van der Waals surface area contributed by atoms with E-state index < -0.39 is 0 Å². The molecule has 1 aromatic heterocycles. The average molecular weight is 273 g/mol. The normalized spacial score (nSPS) is 12.4. The van der Waals surface area contributed by atoms with Crippen molar-refractivity contribution in [1.29, 1.82) is 0 Å². The molecule has 0 saturated heterocycles. The molecule has 2 rings (SSSR count). The van der Waals surface area contributed by atoms with Crippen molar-refractivity contribution in [3.05, 3.63) is 46.8 Å². The zero-order chi connectivity index (χ0) is 14.7. The van der Waals surface area contributed by atoms with Crippen molar-refractivity contribution in [3.8, 4) is 5.75 Å². The first kappa shape index (κ1) is 14.6. The lowest BCUT2D eigenvalue weighted by atomic mass is 10.1. The number of nitrogens with two attached hydrogens (primary N) is 1. The molecule has 1 heterocycles. The van der Waals surface area contributed by atoms with Crippen LogP contribution in [0.2, 0.25) is 0 Å². The number of rotatable bonds is 5. The third-order valence-corrected chi connectivity index (χ3v) is 3.39. The summed E-state index contributed by atoms with van der Waals surface area (Å²) in [5, 5.41) is 4.42. The van der Waals surface area contributed by atoms with Crippen molar-refractivity contribution in [2.24, 2.45) is 5.73 Å². The van der Waals surface area contributed by atoms with Gasteiger partial charge in [-0.15, -0.1) is 0 Å². The molecule has 0 radical (unpaired) electrons. The number of nitrogens with zero attached hydrogens (tertiary/aromatic N) is 2. The van der Waals surface area contributed by atoms with Crippen LogP contribution in [0.3, 0.4) is 0 Å². The molecule has 108 valence electrons. The van der Waals surface area contributed by atoms with Crippen LogP contribution in [0, 0.1) is 13.8 Å². The fourth-order valence-electron chi connectivity index (χ4n) is 2.26. The van der Waals surface area contributed by atoms with Crippen molar-refractivity contribution in [2.75, 3.05) is 0 Å². The van der Waals surface area contributed by atoms with Gasteiger partial charge < -0.3 is 10.5 Å². The van der Waals surface area contributed by atoms with Crippen LogP contribution >= 0.6 is 0 Å². The summed E-state index contributed by atoms with van der Waals surface area (Å²) in [6.45, 7) is 9.50. The monoisotopic (exact) mass is 273 g/mol. The van der Waals surface area contributed by atoms with Gasteiger partial charge in [-0.05, 0) is 51.0 Å². The van der Waals surface area contributed by atoms with E-state index in [1.54, 1.807) is 0 Å². The van der Waals surface area contributed by atoms with Gasteiger partial charge in [0.2, 0.25) is 0 Å². The van der Waals surface area contributed by atoms with Crippen LogP contribution in [0.1, 0.15) is 42.4 Å². The zero-order valence-corrected chi connectivity index (χ0v) is 12.7. The molecular weight excluding hydrogens is 250 g/mol. The van der Waals surface area contributed by atoms with E-state index in [2.05, 4.69) is 24.2 Å². The lowest BCUT2D eigenvalue weighted by molar-refractivity contribution is 0.290. The van der Waals surface area contributed by atoms with Crippen LogP contribution in [0.25, 0.3) is 0 Å². The summed E-state index contributed by atoms with van der Waals surface area (Å²) in [4.78, 5) is 0. The zero-order valence-electron chi connectivity index (χ0n) is 12.7. The van der Waals surface area contributed by atoms with Crippen molar-refractivity contribution in [3.63, 3.8) is 0 Å². The molecule has 0 bridgehead atoms. The van der Waals surface area contributed by atoms with Crippen LogP contribution < -0.4 is 10.5 Å². The van der Waals surface area contributed by atoms with Gasteiger partial charge in [-0.3, -0.25) is 4.68 Å². The Balaban J connectivity index is 2.10. The van der Waals surface area contributed by atoms with Crippen molar-refractivity contribution in [1.82, 2.24) is 9.78 Å². The molecule has 1 unspecified atom stereocenters. The molecule has 0 spiro atoms. The van der Waals surface area contributed by atoms with E-state index in [1.165, 1.54) is 0 Å². The van der Waals surface area contributed by atoms with Gasteiger partial charge in [0.15, 0.2) is 0 Å². The van der Waals surface area contributed by atoms with Gasteiger partial charge >= 0.3 is 0 Å². The highest BCUT2D eigenvalue weighted by Crippen LogP contribution is 2.23. The molecule has 1 aromatic carbocycles. The number of hydrogen-bond acceptors (Lipinski definition) is 3. The Hall–Kier alpha value is -1.81. The topological polar surface area (TPSA) is 53.1 Å². The van der Waals surface area contributed by atoms with Gasteiger partial charge in [0.1, 0.15) is 12.4 Å². The number of aryl methyl sites for hydroxylation is 3. The summed E-state index contributed by atoms with van der Waals surface area (Å²) >= 11 is 0. The summed E-state index contributed by atoms with van der Waals surface area (Å²) < 4.78 is 7.88. The molecule has 2 aromatic rings. The molecule has 2 N–H and O–H groups in total. The minimum Gasteiger partial charge on any atom is -0.487 e. The van der Waals surface area contributed by atoms with Crippen LogP contribution in [0.4, 0.5) is 0 Å².